The van der Waals surface area contributed by atoms with Crippen molar-refractivity contribution in [1.82, 2.24) is 5.32 Å². The number of hydrogen-bond donors (Lipinski definition) is 2. The van der Waals surface area contributed by atoms with Crippen molar-refractivity contribution in [2.24, 2.45) is 0 Å². The van der Waals surface area contributed by atoms with Gasteiger partial charge in [-0.3, -0.25) is 0 Å². The van der Waals surface area contributed by atoms with Crippen molar-refractivity contribution in [3.8, 4) is 11.8 Å². The minimum absolute atomic E-state index is 0.0262. The molecule has 5 heteroatoms. The maximum Gasteiger partial charge on any atom is 0.171 e. The largest absolute Gasteiger partial charge is 0.491 e. The summed E-state index contributed by atoms with van der Waals surface area (Å²) in [7, 11) is 0. The van der Waals surface area contributed by atoms with Crippen LogP contribution in [-0.2, 0) is 0 Å². The number of hydrogen-bond acceptors (Lipinski definition) is 3. The molecule has 0 bridgehead atoms. The van der Waals surface area contributed by atoms with Crippen LogP contribution in [0.2, 0.25) is 0 Å². The van der Waals surface area contributed by atoms with Crippen LogP contribution in [0.15, 0.2) is 42.5 Å². The predicted octanol–water partition coefficient (Wildman–Crippen LogP) is 3.93. The van der Waals surface area contributed by atoms with Crippen molar-refractivity contribution in [2.45, 2.75) is 26.8 Å². The second-order valence-corrected chi connectivity index (χ2v) is 6.10. The topological polar surface area (TPSA) is 57.1 Å². The number of thiocarbonyl (C=S) groups is 1. The summed E-state index contributed by atoms with van der Waals surface area (Å²) in [6.07, 6.45) is 0. The molecule has 2 N–H and O–H groups in total. The molecule has 0 fully saturated rings. The fourth-order valence-corrected chi connectivity index (χ4v) is 2.66. The van der Waals surface area contributed by atoms with Crippen LogP contribution in [0.1, 0.15) is 23.6 Å². The van der Waals surface area contributed by atoms with Crippen LogP contribution in [0.25, 0.3) is 0 Å². The fraction of sp³-hybridized carbons (Fsp3) is 0.263. The van der Waals surface area contributed by atoms with Gasteiger partial charge in [-0.05, 0) is 56.2 Å². The van der Waals surface area contributed by atoms with Gasteiger partial charge in [0.2, 0.25) is 0 Å². The zero-order chi connectivity index (χ0) is 17.5. The Bertz CT molecular complexity index is 747. The number of rotatable bonds is 5. The van der Waals surface area contributed by atoms with Crippen molar-refractivity contribution in [1.29, 1.82) is 5.26 Å². The monoisotopic (exact) mass is 339 g/mol. The molecule has 2 aromatic rings. The molecule has 0 radical (unpaired) electrons. The third-order valence-electron chi connectivity index (χ3n) is 3.56. The van der Waals surface area contributed by atoms with Crippen LogP contribution >= 0.6 is 12.2 Å². The number of nitrogens with zero attached hydrogens (tertiary/aromatic N) is 1. The number of ether oxygens (including phenoxy) is 1. The molecule has 0 aromatic heterocycles. The first-order valence-corrected chi connectivity index (χ1v) is 8.17. The summed E-state index contributed by atoms with van der Waals surface area (Å²) in [6, 6.07) is 15.5. The van der Waals surface area contributed by atoms with E-state index in [1.165, 1.54) is 0 Å². The third kappa shape index (κ3) is 4.71. The van der Waals surface area contributed by atoms with Gasteiger partial charge in [0.05, 0.1) is 17.3 Å². The lowest BCUT2D eigenvalue weighted by Gasteiger charge is -2.19. The summed E-state index contributed by atoms with van der Waals surface area (Å²) in [5.41, 5.74) is 3.48. The highest BCUT2D eigenvalue weighted by molar-refractivity contribution is 7.80. The lowest BCUT2D eigenvalue weighted by Crippen LogP contribution is -2.39. The molecule has 4 nitrogen and oxygen atoms in total. The van der Waals surface area contributed by atoms with Crippen molar-refractivity contribution >= 4 is 23.0 Å². The van der Waals surface area contributed by atoms with Crippen LogP contribution in [0.4, 0.5) is 5.69 Å². The molecule has 1 atom stereocenters. The Morgan fingerprint density at radius 1 is 1.17 bits per heavy atom. The van der Waals surface area contributed by atoms with Crippen LogP contribution in [0.3, 0.4) is 0 Å². The minimum atomic E-state index is 0.0262. The SMILES string of the molecule is Cc1cccc(C)c1OCC(C)NC(=S)Nc1ccccc1C#N. The summed E-state index contributed by atoms with van der Waals surface area (Å²) in [5.74, 6) is 0.917. The van der Waals surface area contributed by atoms with Gasteiger partial charge in [0.15, 0.2) is 5.11 Å². The highest BCUT2D eigenvalue weighted by Crippen LogP contribution is 2.22. The molecule has 0 saturated carbocycles. The second-order valence-electron chi connectivity index (χ2n) is 5.69. The Hall–Kier alpha value is -2.58. The van der Waals surface area contributed by atoms with E-state index in [-0.39, 0.29) is 6.04 Å². The van der Waals surface area contributed by atoms with Crippen molar-refractivity contribution in [2.75, 3.05) is 11.9 Å². The summed E-state index contributed by atoms with van der Waals surface area (Å²) in [5, 5.41) is 15.8. The van der Waals surface area contributed by atoms with Crippen LogP contribution in [0, 0.1) is 25.2 Å². The maximum absolute atomic E-state index is 9.10. The van der Waals surface area contributed by atoms with E-state index in [0.29, 0.717) is 23.0 Å². The molecule has 0 saturated heterocycles. The van der Waals surface area contributed by atoms with E-state index in [1.807, 2.05) is 57.2 Å². The quantitative estimate of drug-likeness (QED) is 0.809. The fourth-order valence-electron chi connectivity index (χ4n) is 2.35. The molecule has 124 valence electrons. The lowest BCUT2D eigenvalue weighted by atomic mass is 10.1. The van der Waals surface area contributed by atoms with Crippen molar-refractivity contribution in [3.05, 3.63) is 59.2 Å². The smallest absolute Gasteiger partial charge is 0.171 e. The molecule has 2 rings (SSSR count). The molecule has 1 unspecified atom stereocenters. The zero-order valence-electron chi connectivity index (χ0n) is 14.1. The summed E-state index contributed by atoms with van der Waals surface area (Å²) >= 11 is 5.32. The summed E-state index contributed by atoms with van der Waals surface area (Å²) in [6.45, 7) is 6.56. The van der Waals surface area contributed by atoms with E-state index in [1.54, 1.807) is 6.07 Å². The molecule has 2 aromatic carbocycles. The van der Waals surface area contributed by atoms with Crippen LogP contribution < -0.4 is 15.4 Å². The second kappa shape index (κ2) is 8.32. The van der Waals surface area contributed by atoms with E-state index >= 15 is 0 Å². The minimum Gasteiger partial charge on any atom is -0.491 e. The molecule has 0 aliphatic carbocycles. The number of nitrogens with one attached hydrogen (secondary N) is 2. The van der Waals surface area contributed by atoms with Gasteiger partial charge >= 0.3 is 0 Å². The molecule has 0 spiro atoms. The number of aryl methyl sites for hydroxylation is 2. The van der Waals surface area contributed by atoms with Gasteiger partial charge in [-0.1, -0.05) is 30.3 Å². The average Bonchev–Trinajstić information content (AvgIpc) is 2.54. The molecule has 0 aliphatic heterocycles. The summed E-state index contributed by atoms with van der Waals surface area (Å²) in [4.78, 5) is 0. The molecule has 0 aliphatic rings. The predicted molar refractivity (Wildman–Crippen MR) is 101 cm³/mol. The van der Waals surface area contributed by atoms with Gasteiger partial charge in [0.1, 0.15) is 18.4 Å². The van der Waals surface area contributed by atoms with Gasteiger partial charge in [-0.2, -0.15) is 5.26 Å². The first kappa shape index (κ1) is 17.8. The van der Waals surface area contributed by atoms with Gasteiger partial charge in [0.25, 0.3) is 0 Å². The van der Waals surface area contributed by atoms with Crippen LogP contribution in [-0.4, -0.2) is 17.8 Å². The number of benzene rings is 2. The van der Waals surface area contributed by atoms with E-state index in [9.17, 15) is 0 Å². The molecular weight excluding hydrogens is 318 g/mol. The zero-order valence-corrected chi connectivity index (χ0v) is 14.9. The first-order chi connectivity index (χ1) is 11.5. The van der Waals surface area contributed by atoms with Crippen LogP contribution in [0.5, 0.6) is 5.75 Å². The van der Waals surface area contributed by atoms with E-state index in [4.69, 9.17) is 22.2 Å². The number of nitriles is 1. The van der Waals surface area contributed by atoms with Crippen molar-refractivity contribution < 1.29 is 4.74 Å². The maximum atomic E-state index is 9.10. The Morgan fingerprint density at radius 3 is 2.50 bits per heavy atom. The van der Waals surface area contributed by atoms with Gasteiger partial charge in [-0.25, -0.2) is 0 Å². The lowest BCUT2D eigenvalue weighted by molar-refractivity contribution is 0.283. The van der Waals surface area contributed by atoms with E-state index in [0.717, 1.165) is 16.9 Å². The molecule has 24 heavy (non-hydrogen) atoms. The normalized spacial score (nSPS) is 11.2. The standard InChI is InChI=1S/C19H21N3OS/c1-13-7-6-8-14(2)18(13)23-12-15(3)21-19(24)22-17-10-5-4-9-16(17)11-20/h4-10,15H,12H2,1-3H3,(H2,21,22,24). The van der Waals surface area contributed by atoms with Gasteiger partial charge < -0.3 is 15.4 Å². The Morgan fingerprint density at radius 2 is 1.83 bits per heavy atom. The highest BCUT2D eigenvalue weighted by atomic mass is 32.1. The number of anilines is 1. The van der Waals surface area contributed by atoms with Gasteiger partial charge in [0, 0.05) is 0 Å². The number of para-hydroxylation sites is 2. The van der Waals surface area contributed by atoms with Gasteiger partial charge in [-0.15, -0.1) is 0 Å². The molecular formula is C19H21N3OS. The Labute approximate surface area is 148 Å². The van der Waals surface area contributed by atoms with E-state index < -0.39 is 0 Å². The molecule has 0 amide bonds. The third-order valence-corrected chi connectivity index (χ3v) is 3.78. The average molecular weight is 339 g/mol. The Balaban J connectivity index is 1.89. The summed E-state index contributed by atoms with van der Waals surface area (Å²) < 4.78 is 5.92. The molecule has 0 heterocycles. The Kier molecular flexibility index (Phi) is 6.16. The van der Waals surface area contributed by atoms with Crippen molar-refractivity contribution in [3.63, 3.8) is 0 Å². The van der Waals surface area contributed by atoms with E-state index in [2.05, 4.69) is 16.7 Å². The highest BCUT2D eigenvalue weighted by Gasteiger charge is 2.09. The first-order valence-electron chi connectivity index (χ1n) is 7.77.